The summed E-state index contributed by atoms with van der Waals surface area (Å²) >= 11 is 0.693. The smallest absolute Gasteiger partial charge is 0.336 e. The van der Waals surface area contributed by atoms with Crippen LogP contribution in [0.3, 0.4) is 0 Å². The van der Waals surface area contributed by atoms with Crippen LogP contribution in [0, 0.1) is 0 Å². The molecule has 4 aliphatic rings. The number of aliphatic hydroxyl groups excluding tert-OH is 6. The van der Waals surface area contributed by atoms with Crippen molar-refractivity contribution in [3.8, 4) is 39.7 Å². The van der Waals surface area contributed by atoms with Crippen molar-refractivity contribution < 1.29 is 78.6 Å². The van der Waals surface area contributed by atoms with Crippen LogP contribution < -0.4 is 25.5 Å². The highest BCUT2D eigenvalue weighted by Gasteiger charge is 2.51. The van der Waals surface area contributed by atoms with Crippen molar-refractivity contribution in [1.82, 2.24) is 25.6 Å². The minimum atomic E-state index is -1.68. The molecule has 358 valence electrons. The van der Waals surface area contributed by atoms with Crippen molar-refractivity contribution in [2.75, 3.05) is 27.4 Å². The van der Waals surface area contributed by atoms with E-state index in [1.54, 1.807) is 6.07 Å². The lowest BCUT2D eigenvalue weighted by molar-refractivity contribution is -0.184. The van der Waals surface area contributed by atoms with Crippen LogP contribution in [0.5, 0.6) is 17.2 Å². The van der Waals surface area contributed by atoms with Gasteiger partial charge in [-0.2, -0.15) is 0 Å². The Hall–Kier alpha value is -6.67. The van der Waals surface area contributed by atoms with Gasteiger partial charge in [-0.15, -0.1) is 5.10 Å². The number of hydrogen-bond acceptors (Lipinski definition) is 19. The summed E-state index contributed by atoms with van der Waals surface area (Å²) in [5, 5.41) is 99.9. The van der Waals surface area contributed by atoms with Crippen molar-refractivity contribution in [1.29, 1.82) is 0 Å². The molecule has 1 aromatic heterocycles. The number of aromatic carboxylic acids is 1. The Morgan fingerprint density at radius 3 is 2.13 bits per heavy atom. The number of aliphatic hydroxyl groups is 6. The van der Waals surface area contributed by atoms with E-state index in [-0.39, 0.29) is 57.0 Å². The molecule has 8 rings (SSSR count). The summed E-state index contributed by atoms with van der Waals surface area (Å²) in [4.78, 5) is 51.8. The monoisotopic (exact) mass is 959 g/mol. The Bertz CT molecular complexity index is 2850. The van der Waals surface area contributed by atoms with Crippen LogP contribution in [-0.2, 0) is 16.0 Å². The van der Waals surface area contributed by atoms with Gasteiger partial charge in [0.2, 0.25) is 0 Å². The zero-order valence-corrected chi connectivity index (χ0v) is 36.7. The number of hydrogen-bond donors (Lipinski definition) is 10. The molecule has 3 aliphatic heterocycles. The van der Waals surface area contributed by atoms with E-state index in [2.05, 4.69) is 20.9 Å². The maximum atomic E-state index is 13.5. The number of phenolic OH excluding ortho intramolecular Hbond substituents is 1. The molecule has 68 heavy (non-hydrogen) atoms. The maximum absolute atomic E-state index is 13.5. The van der Waals surface area contributed by atoms with Gasteiger partial charge >= 0.3 is 5.97 Å². The molecule has 10 N–H and O–H groups in total. The zero-order chi connectivity index (χ0) is 48.6. The Kier molecular flexibility index (Phi) is 14.0. The molecule has 3 aromatic carbocycles. The minimum Gasteiger partial charge on any atom is -0.508 e. The Morgan fingerprint density at radius 2 is 1.46 bits per heavy atom. The van der Waals surface area contributed by atoms with Gasteiger partial charge in [0, 0.05) is 45.8 Å². The lowest BCUT2D eigenvalue weighted by Gasteiger charge is -2.46. The molecule has 2 saturated heterocycles. The predicted molar refractivity (Wildman–Crippen MR) is 237 cm³/mol. The number of phenols is 1. The summed E-state index contributed by atoms with van der Waals surface area (Å²) in [7, 11) is 2.79. The van der Waals surface area contributed by atoms with Crippen LogP contribution in [0.2, 0.25) is 0 Å². The quantitative estimate of drug-likeness (QED) is 0.0663. The number of aromatic nitrogens is 3. The summed E-state index contributed by atoms with van der Waals surface area (Å²) in [6.45, 7) is -1.73. The zero-order valence-electron chi connectivity index (χ0n) is 35.9. The van der Waals surface area contributed by atoms with Gasteiger partial charge in [0.05, 0.1) is 51.8 Å². The molecule has 23 heteroatoms. The maximum Gasteiger partial charge on any atom is 0.336 e. The van der Waals surface area contributed by atoms with E-state index in [0.29, 0.717) is 39.8 Å². The number of methoxy groups -OCH3 is 2. The normalized spacial score (nSPS) is 24.9. The van der Waals surface area contributed by atoms with E-state index >= 15 is 0 Å². The van der Waals surface area contributed by atoms with Crippen LogP contribution in [0.1, 0.15) is 42.8 Å². The standard InChI is InChI=1S/C45H45N5O17S/c1-63-24-9-20(10-25(14-24)64-2)42(60)47-35-37(55)32(17-51)66-44(39(35)57)68-45-40(58)36(38(56)33(18-52)67-45)50-16-21(48-49-50)15-46-41(59)19-3-6-26(29(11-19)43(61)62)34-27-7-4-22(53)12-30(27)65-31-13-23(54)5-8-28(31)34/h3-14,16,32-33,35-40,44-45,51-53,55-58H,15,17-18H2,1-2H3,(H,46,59)(H,47,60)(H,61,62)/t32-,33+,35+,36-,37+,38-,39-,40+,44+,45-/m1/s1. The number of carbonyl (C=O) groups excluding carboxylic acids is 2. The number of fused-ring (bicyclic) bond motifs is 2. The first kappa shape index (κ1) is 47.8. The van der Waals surface area contributed by atoms with Crippen molar-refractivity contribution in [2.45, 2.75) is 66.1 Å². The van der Waals surface area contributed by atoms with E-state index in [1.165, 1.54) is 87.1 Å². The summed E-state index contributed by atoms with van der Waals surface area (Å²) in [6.07, 6.45) is -7.85. The first-order chi connectivity index (χ1) is 32.6. The van der Waals surface area contributed by atoms with Crippen molar-refractivity contribution in [3.05, 3.63) is 112 Å². The minimum absolute atomic E-state index is 0.0430. The number of ether oxygens (including phenoxy) is 4. The molecule has 2 fully saturated rings. The largest absolute Gasteiger partial charge is 0.508 e. The number of thioether (sulfide) groups is 1. The van der Waals surface area contributed by atoms with Crippen LogP contribution in [-0.4, -0.2) is 155 Å². The molecular weight excluding hydrogens is 915 g/mol. The molecule has 0 unspecified atom stereocenters. The molecule has 4 aromatic rings. The van der Waals surface area contributed by atoms with Crippen LogP contribution >= 0.6 is 11.8 Å². The van der Waals surface area contributed by atoms with E-state index in [4.69, 9.17) is 23.4 Å². The second kappa shape index (κ2) is 19.9. The number of carboxylic acid groups (broad SMARTS) is 1. The average Bonchev–Trinajstić information content (AvgIpc) is 3.80. The lowest BCUT2D eigenvalue weighted by Crippen LogP contribution is -2.64. The first-order valence-corrected chi connectivity index (χ1v) is 21.8. The van der Waals surface area contributed by atoms with Gasteiger partial charge in [-0.25, -0.2) is 9.48 Å². The number of aromatic hydroxyl groups is 1. The van der Waals surface area contributed by atoms with Crippen molar-refractivity contribution in [2.24, 2.45) is 0 Å². The van der Waals surface area contributed by atoms with Crippen LogP contribution in [0.15, 0.2) is 88.2 Å². The molecule has 10 atom stereocenters. The Balaban J connectivity index is 0.979. The van der Waals surface area contributed by atoms with Crippen LogP contribution in [0.25, 0.3) is 33.4 Å². The molecule has 22 nitrogen and oxygen atoms in total. The topological polar surface area (TPSA) is 335 Å². The summed E-state index contributed by atoms with van der Waals surface area (Å²) < 4.78 is 29.1. The number of amides is 2. The second-order valence-electron chi connectivity index (χ2n) is 15.9. The fourth-order valence-corrected chi connectivity index (χ4v) is 9.54. The number of carbonyl (C=O) groups is 3. The number of carboxylic acids is 1. The number of rotatable bonds is 14. The fourth-order valence-electron chi connectivity index (χ4n) is 8.21. The average molecular weight is 960 g/mol. The summed E-state index contributed by atoms with van der Waals surface area (Å²) in [6, 6.07) is 14.0. The molecule has 0 spiro atoms. The number of benzene rings is 4. The van der Waals surface area contributed by atoms with E-state index in [1.807, 2.05) is 0 Å². The van der Waals surface area contributed by atoms with Crippen LogP contribution in [0.4, 0.5) is 0 Å². The SMILES string of the molecule is COc1cc(OC)cc(C(=O)N[C@H]2[C@@H](O)[C@@H](CO)O[C@@H](S[C@H]3O[C@@H](CO)[C@@H](O)[C@@H](n4cc(CNC(=O)c5ccc(-c6c7ccc(=O)cc-7oc7cc(O)ccc67)c(C(=O)O)c5)nn4)[C@@H]3O)[C@@H]2O)c1. The highest BCUT2D eigenvalue weighted by atomic mass is 32.2. The van der Waals surface area contributed by atoms with E-state index in [0.717, 1.165) is 4.68 Å². The van der Waals surface area contributed by atoms with E-state index in [9.17, 15) is 60.0 Å². The molecule has 2 amide bonds. The molecular formula is C45H45N5O17S. The Labute approximate surface area is 388 Å². The number of nitrogens with zero attached hydrogens (tertiary/aromatic N) is 3. The molecule has 1 aliphatic carbocycles. The van der Waals surface area contributed by atoms with Gasteiger partial charge in [0.25, 0.3) is 11.8 Å². The van der Waals surface area contributed by atoms with Gasteiger partial charge < -0.3 is 74.9 Å². The van der Waals surface area contributed by atoms with Gasteiger partial charge in [0.1, 0.15) is 87.8 Å². The van der Waals surface area contributed by atoms with Gasteiger partial charge in [-0.3, -0.25) is 14.4 Å². The van der Waals surface area contributed by atoms with E-state index < -0.39 is 90.6 Å². The molecule has 0 radical (unpaired) electrons. The molecule has 0 bridgehead atoms. The second-order valence-corrected chi connectivity index (χ2v) is 17.1. The third kappa shape index (κ3) is 9.43. The van der Waals surface area contributed by atoms with Crippen molar-refractivity contribution >= 4 is 40.5 Å². The third-order valence-electron chi connectivity index (χ3n) is 11.7. The molecule has 0 saturated carbocycles. The highest BCUT2D eigenvalue weighted by molar-refractivity contribution is 8.00. The van der Waals surface area contributed by atoms with Gasteiger partial charge in [0.15, 0.2) is 5.43 Å². The third-order valence-corrected chi connectivity index (χ3v) is 13.0. The summed E-state index contributed by atoms with van der Waals surface area (Å²) in [5.74, 6) is -2.19. The fraction of sp³-hybridized carbons (Fsp3) is 0.333. The summed E-state index contributed by atoms with van der Waals surface area (Å²) in [5.41, 5.74) is -2.02. The lowest BCUT2D eigenvalue weighted by atomic mass is 9.90. The predicted octanol–water partition coefficient (Wildman–Crippen LogP) is 0.458. The molecule has 4 heterocycles. The number of nitrogens with one attached hydrogen (secondary N) is 2. The highest BCUT2D eigenvalue weighted by Crippen LogP contribution is 2.43. The first-order valence-electron chi connectivity index (χ1n) is 20.8. The van der Waals surface area contributed by atoms with Crippen molar-refractivity contribution in [3.63, 3.8) is 0 Å². The van der Waals surface area contributed by atoms with Gasteiger partial charge in [-0.1, -0.05) is 23.0 Å². The van der Waals surface area contributed by atoms with Gasteiger partial charge in [-0.05, 0) is 54.1 Å². The Morgan fingerprint density at radius 1 is 0.779 bits per heavy atom.